The predicted molar refractivity (Wildman–Crippen MR) is 60.8 cm³/mol. The molecular weight excluding hydrogens is 244 g/mol. The Labute approximate surface area is 93.0 Å². The average molecular weight is 259 g/mol. The number of halogens is 1. The van der Waals surface area contributed by atoms with Crippen LogP contribution in [0.3, 0.4) is 0 Å². The molecule has 0 fully saturated rings. The second-order valence-electron chi connectivity index (χ2n) is 3.24. The molecule has 0 spiro atoms. The zero-order chi connectivity index (χ0) is 10.6. The van der Waals surface area contributed by atoms with Crippen molar-refractivity contribution in [1.29, 1.82) is 0 Å². The van der Waals surface area contributed by atoms with Crippen LogP contribution in [0.5, 0.6) is 5.75 Å². The first-order valence-electron chi connectivity index (χ1n) is 4.63. The van der Waals surface area contributed by atoms with E-state index in [1.165, 1.54) is 11.1 Å². The van der Waals surface area contributed by atoms with E-state index in [4.69, 9.17) is 9.84 Å². The molecular formula is C11H15BrO2. The summed E-state index contributed by atoms with van der Waals surface area (Å²) in [5, 5.41) is 8.75. The maximum Gasteiger partial charge on any atom is 0.133 e. The van der Waals surface area contributed by atoms with Gasteiger partial charge in [0.15, 0.2) is 0 Å². The lowest BCUT2D eigenvalue weighted by molar-refractivity contribution is 0.288. The highest BCUT2D eigenvalue weighted by molar-refractivity contribution is 9.10. The average Bonchev–Trinajstić information content (AvgIpc) is 2.18. The summed E-state index contributed by atoms with van der Waals surface area (Å²) in [6.45, 7) is 2.30. The standard InChI is InChI=1S/C11H15BrO2/c1-8-6-11(14-2)10(12)7-9(8)4-3-5-13/h6-7,13H,3-5H2,1-2H3. The predicted octanol–water partition coefficient (Wildman–Crippen LogP) is 2.69. The summed E-state index contributed by atoms with van der Waals surface area (Å²) < 4.78 is 6.16. The van der Waals surface area contributed by atoms with Gasteiger partial charge in [-0.15, -0.1) is 0 Å². The number of rotatable bonds is 4. The molecule has 0 saturated carbocycles. The van der Waals surface area contributed by atoms with Crippen molar-refractivity contribution in [1.82, 2.24) is 0 Å². The summed E-state index contributed by atoms with van der Waals surface area (Å²) in [7, 11) is 1.66. The molecule has 0 aliphatic carbocycles. The highest BCUT2D eigenvalue weighted by atomic mass is 79.9. The number of benzene rings is 1. The highest BCUT2D eigenvalue weighted by Gasteiger charge is 2.05. The molecule has 0 aliphatic rings. The van der Waals surface area contributed by atoms with E-state index in [2.05, 4.69) is 28.9 Å². The Balaban J connectivity index is 2.90. The van der Waals surface area contributed by atoms with E-state index < -0.39 is 0 Å². The topological polar surface area (TPSA) is 29.5 Å². The Morgan fingerprint density at radius 3 is 2.71 bits per heavy atom. The van der Waals surface area contributed by atoms with Crippen LogP contribution in [0.1, 0.15) is 17.5 Å². The molecule has 0 unspecified atom stereocenters. The van der Waals surface area contributed by atoms with Crippen LogP contribution < -0.4 is 4.74 Å². The van der Waals surface area contributed by atoms with Crippen molar-refractivity contribution in [3.63, 3.8) is 0 Å². The van der Waals surface area contributed by atoms with Crippen LogP contribution in [-0.2, 0) is 6.42 Å². The molecule has 78 valence electrons. The molecule has 0 aromatic heterocycles. The third-order valence-electron chi connectivity index (χ3n) is 2.21. The van der Waals surface area contributed by atoms with Crippen LogP contribution in [0, 0.1) is 6.92 Å². The quantitative estimate of drug-likeness (QED) is 0.900. The van der Waals surface area contributed by atoms with E-state index in [9.17, 15) is 0 Å². The number of ether oxygens (including phenoxy) is 1. The van der Waals surface area contributed by atoms with Crippen molar-refractivity contribution in [2.24, 2.45) is 0 Å². The maximum absolute atomic E-state index is 8.75. The smallest absolute Gasteiger partial charge is 0.133 e. The zero-order valence-electron chi connectivity index (χ0n) is 8.51. The minimum Gasteiger partial charge on any atom is -0.496 e. The van der Waals surface area contributed by atoms with Crippen molar-refractivity contribution in [3.05, 3.63) is 27.7 Å². The Hall–Kier alpha value is -0.540. The van der Waals surface area contributed by atoms with Crippen molar-refractivity contribution >= 4 is 15.9 Å². The van der Waals surface area contributed by atoms with Gasteiger partial charge in [-0.3, -0.25) is 0 Å². The zero-order valence-corrected chi connectivity index (χ0v) is 10.1. The molecule has 0 amide bonds. The van der Waals surface area contributed by atoms with Crippen LogP contribution in [0.4, 0.5) is 0 Å². The van der Waals surface area contributed by atoms with Crippen LogP contribution in [-0.4, -0.2) is 18.8 Å². The third kappa shape index (κ3) is 2.72. The first-order chi connectivity index (χ1) is 6.69. The van der Waals surface area contributed by atoms with E-state index in [0.29, 0.717) is 0 Å². The monoisotopic (exact) mass is 258 g/mol. The molecule has 14 heavy (non-hydrogen) atoms. The normalized spacial score (nSPS) is 10.3. The van der Waals surface area contributed by atoms with Crippen molar-refractivity contribution in [2.75, 3.05) is 13.7 Å². The summed E-state index contributed by atoms with van der Waals surface area (Å²) in [5.74, 6) is 0.857. The summed E-state index contributed by atoms with van der Waals surface area (Å²) in [6.07, 6.45) is 1.71. The lowest BCUT2D eigenvalue weighted by Crippen LogP contribution is -1.95. The lowest BCUT2D eigenvalue weighted by Gasteiger charge is -2.09. The Morgan fingerprint density at radius 1 is 1.43 bits per heavy atom. The largest absolute Gasteiger partial charge is 0.496 e. The fourth-order valence-corrected chi connectivity index (χ4v) is 1.94. The summed E-state index contributed by atoms with van der Waals surface area (Å²) >= 11 is 3.45. The second-order valence-corrected chi connectivity index (χ2v) is 4.09. The molecule has 0 bridgehead atoms. The third-order valence-corrected chi connectivity index (χ3v) is 2.83. The van der Waals surface area contributed by atoms with Crippen molar-refractivity contribution < 1.29 is 9.84 Å². The van der Waals surface area contributed by atoms with Gasteiger partial charge >= 0.3 is 0 Å². The molecule has 1 N–H and O–H groups in total. The van der Waals surface area contributed by atoms with Gasteiger partial charge < -0.3 is 9.84 Å². The van der Waals surface area contributed by atoms with Crippen LogP contribution in [0.25, 0.3) is 0 Å². The van der Waals surface area contributed by atoms with Crippen LogP contribution >= 0.6 is 15.9 Å². The molecule has 0 heterocycles. The first-order valence-corrected chi connectivity index (χ1v) is 5.42. The molecule has 2 nitrogen and oxygen atoms in total. The van der Waals surface area contributed by atoms with Gasteiger partial charge in [0.05, 0.1) is 11.6 Å². The van der Waals surface area contributed by atoms with Gasteiger partial charge in [-0.1, -0.05) is 0 Å². The SMILES string of the molecule is COc1cc(C)c(CCCO)cc1Br. The summed E-state index contributed by atoms with van der Waals surface area (Å²) in [6, 6.07) is 4.07. The van der Waals surface area contributed by atoms with Gasteiger partial charge in [0.1, 0.15) is 5.75 Å². The minimum atomic E-state index is 0.239. The molecule has 0 saturated heterocycles. The molecule has 0 aliphatic heterocycles. The number of hydrogen-bond donors (Lipinski definition) is 1. The lowest BCUT2D eigenvalue weighted by atomic mass is 10.0. The number of hydrogen-bond acceptors (Lipinski definition) is 2. The van der Waals surface area contributed by atoms with Gasteiger partial charge in [0, 0.05) is 6.61 Å². The second kappa shape index (κ2) is 5.37. The van der Waals surface area contributed by atoms with Gasteiger partial charge in [0.25, 0.3) is 0 Å². The Morgan fingerprint density at radius 2 is 2.14 bits per heavy atom. The van der Waals surface area contributed by atoms with Gasteiger partial charge in [-0.2, -0.15) is 0 Å². The fourth-order valence-electron chi connectivity index (χ4n) is 1.39. The number of aryl methyl sites for hydroxylation is 2. The molecule has 1 aromatic carbocycles. The highest BCUT2D eigenvalue weighted by Crippen LogP contribution is 2.28. The molecule has 0 radical (unpaired) electrons. The summed E-state index contributed by atoms with van der Waals surface area (Å²) in [5.41, 5.74) is 2.46. The minimum absolute atomic E-state index is 0.239. The molecule has 1 aromatic rings. The van der Waals surface area contributed by atoms with E-state index in [-0.39, 0.29) is 6.61 Å². The maximum atomic E-state index is 8.75. The van der Waals surface area contributed by atoms with Crippen molar-refractivity contribution in [3.8, 4) is 5.75 Å². The molecule has 3 heteroatoms. The Kier molecular flexibility index (Phi) is 4.42. The van der Waals surface area contributed by atoms with Crippen LogP contribution in [0.15, 0.2) is 16.6 Å². The van der Waals surface area contributed by atoms with E-state index in [1.54, 1.807) is 7.11 Å². The molecule has 1 rings (SSSR count). The number of methoxy groups -OCH3 is 1. The fraction of sp³-hybridized carbons (Fsp3) is 0.455. The van der Waals surface area contributed by atoms with E-state index in [0.717, 1.165) is 23.1 Å². The molecule has 0 atom stereocenters. The first kappa shape index (κ1) is 11.5. The van der Waals surface area contributed by atoms with E-state index >= 15 is 0 Å². The van der Waals surface area contributed by atoms with Gasteiger partial charge in [0.2, 0.25) is 0 Å². The summed E-state index contributed by atoms with van der Waals surface area (Å²) in [4.78, 5) is 0. The Bertz CT molecular complexity index is 310. The van der Waals surface area contributed by atoms with Crippen LogP contribution in [0.2, 0.25) is 0 Å². The van der Waals surface area contributed by atoms with Crippen molar-refractivity contribution in [2.45, 2.75) is 19.8 Å². The number of aliphatic hydroxyl groups is 1. The van der Waals surface area contributed by atoms with Gasteiger partial charge in [-0.05, 0) is 59.0 Å². The number of aliphatic hydroxyl groups excluding tert-OH is 1. The van der Waals surface area contributed by atoms with Gasteiger partial charge in [-0.25, -0.2) is 0 Å². The van der Waals surface area contributed by atoms with E-state index in [1.807, 2.05) is 6.07 Å².